The molecule has 1 aliphatic heterocycles. The summed E-state index contributed by atoms with van der Waals surface area (Å²) in [5.74, 6) is 0. The Hall–Kier alpha value is 0.234. The summed E-state index contributed by atoms with van der Waals surface area (Å²) in [6, 6.07) is 0. The van der Waals surface area contributed by atoms with Crippen LogP contribution in [0.1, 0.15) is 48.5 Å². The van der Waals surface area contributed by atoms with Gasteiger partial charge in [-0.1, -0.05) is 41.5 Å². The average Bonchev–Trinajstić information content (AvgIpc) is 2.64. The van der Waals surface area contributed by atoms with Crippen molar-refractivity contribution in [2.45, 2.75) is 115 Å². The van der Waals surface area contributed by atoms with Gasteiger partial charge < -0.3 is 23.8 Å². The van der Waals surface area contributed by atoms with Gasteiger partial charge in [0.15, 0.2) is 22.9 Å². The Labute approximate surface area is 156 Å². The van der Waals surface area contributed by atoms with Crippen LogP contribution in [-0.2, 0) is 13.6 Å². The molecular weight excluding hydrogens is 352 g/mol. The molecule has 0 spiro atoms. The van der Waals surface area contributed by atoms with E-state index in [9.17, 15) is 10.2 Å². The normalized spacial score (nSPS) is 30.6. The lowest BCUT2D eigenvalue weighted by Gasteiger charge is -2.43. The molecule has 5 nitrogen and oxygen atoms in total. The monoisotopic (exact) mass is 392 g/mol. The summed E-state index contributed by atoms with van der Waals surface area (Å²) in [5, 5.41) is 20.7. The maximum absolute atomic E-state index is 10.5. The Morgan fingerprint density at radius 1 is 0.840 bits per heavy atom. The number of ether oxygens (including phenoxy) is 1. The molecule has 0 aliphatic carbocycles. The minimum atomic E-state index is -2.13. The molecule has 0 amide bonds. The summed E-state index contributed by atoms with van der Waals surface area (Å²) in [6.07, 6.45) is -3.44. The molecule has 5 atom stereocenters. The van der Waals surface area contributed by atoms with Crippen LogP contribution in [0.3, 0.4) is 0 Å². The molecule has 150 valence electrons. The van der Waals surface area contributed by atoms with Gasteiger partial charge in [0.1, 0.15) is 18.3 Å². The fourth-order valence-electron chi connectivity index (χ4n) is 2.35. The van der Waals surface area contributed by atoms with Crippen LogP contribution in [0.25, 0.3) is 0 Å². The van der Waals surface area contributed by atoms with Crippen LogP contribution in [0, 0.1) is 0 Å². The van der Waals surface area contributed by atoms with E-state index in [0.717, 1.165) is 0 Å². The third kappa shape index (κ3) is 5.15. The van der Waals surface area contributed by atoms with Crippen LogP contribution in [0.4, 0.5) is 0 Å². The minimum Gasteiger partial charge on any atom is -0.408 e. The predicted molar refractivity (Wildman–Crippen MR) is 107 cm³/mol. The van der Waals surface area contributed by atoms with Gasteiger partial charge in [0, 0.05) is 0 Å². The van der Waals surface area contributed by atoms with Crippen LogP contribution in [0.15, 0.2) is 0 Å². The van der Waals surface area contributed by atoms with Gasteiger partial charge in [0.05, 0.1) is 6.10 Å². The first-order chi connectivity index (χ1) is 10.9. The first-order valence-corrected chi connectivity index (χ1v) is 15.1. The van der Waals surface area contributed by atoms with E-state index in [1.807, 2.05) is 0 Å². The first kappa shape index (κ1) is 23.3. The van der Waals surface area contributed by atoms with Gasteiger partial charge in [-0.05, 0) is 43.2 Å². The molecule has 1 saturated heterocycles. The van der Waals surface area contributed by atoms with E-state index in [4.69, 9.17) is 13.6 Å². The molecule has 0 bridgehead atoms. The zero-order valence-corrected chi connectivity index (χ0v) is 20.0. The summed E-state index contributed by atoms with van der Waals surface area (Å²) >= 11 is 0. The van der Waals surface area contributed by atoms with Crippen LogP contribution >= 0.6 is 0 Å². The Bertz CT molecular complexity index is 451. The Kier molecular flexibility index (Phi) is 6.83. The Morgan fingerprint density at radius 3 is 1.52 bits per heavy atom. The third-order valence-corrected chi connectivity index (χ3v) is 15.1. The molecule has 0 aromatic rings. The van der Waals surface area contributed by atoms with Crippen molar-refractivity contribution in [3.05, 3.63) is 0 Å². The van der Waals surface area contributed by atoms with E-state index >= 15 is 0 Å². The van der Waals surface area contributed by atoms with Gasteiger partial charge in [-0.2, -0.15) is 0 Å². The van der Waals surface area contributed by atoms with Gasteiger partial charge >= 0.3 is 0 Å². The summed E-state index contributed by atoms with van der Waals surface area (Å²) in [5.41, 5.74) is 0. The molecule has 7 heteroatoms. The highest BCUT2D eigenvalue weighted by molar-refractivity contribution is 6.74. The van der Waals surface area contributed by atoms with Crippen molar-refractivity contribution in [3.8, 4) is 0 Å². The molecule has 0 aromatic heterocycles. The van der Waals surface area contributed by atoms with Gasteiger partial charge in [-0.15, -0.1) is 0 Å². The highest BCUT2D eigenvalue weighted by atomic mass is 28.4. The Balaban J connectivity index is 3.16. The maximum atomic E-state index is 10.5. The molecular formula is C18H40O5Si2. The van der Waals surface area contributed by atoms with E-state index in [-0.39, 0.29) is 10.1 Å². The lowest BCUT2D eigenvalue weighted by Crippen LogP contribution is -2.55. The van der Waals surface area contributed by atoms with E-state index in [1.165, 1.54) is 0 Å². The van der Waals surface area contributed by atoms with Gasteiger partial charge in [-0.3, -0.25) is 0 Å². The van der Waals surface area contributed by atoms with Gasteiger partial charge in [0.25, 0.3) is 0 Å². The van der Waals surface area contributed by atoms with Crippen molar-refractivity contribution in [1.29, 1.82) is 0 Å². The molecule has 0 unspecified atom stereocenters. The highest BCUT2D eigenvalue weighted by Gasteiger charge is 2.54. The number of hydrogen-bond donors (Lipinski definition) is 2. The second-order valence-electron chi connectivity index (χ2n) is 10.4. The number of aliphatic hydroxyl groups excluding tert-OH is 2. The van der Waals surface area contributed by atoms with Crippen molar-refractivity contribution in [1.82, 2.24) is 0 Å². The minimum absolute atomic E-state index is 0.0111. The molecule has 2 N–H and O–H groups in total. The highest BCUT2D eigenvalue weighted by Crippen LogP contribution is 2.43. The van der Waals surface area contributed by atoms with Crippen molar-refractivity contribution in [3.63, 3.8) is 0 Å². The predicted octanol–water partition coefficient (Wildman–Crippen LogP) is 3.87. The number of hydrogen-bond acceptors (Lipinski definition) is 5. The fourth-order valence-corrected chi connectivity index (χ4v) is 4.93. The average molecular weight is 393 g/mol. The Morgan fingerprint density at radius 2 is 1.20 bits per heavy atom. The molecule has 1 aliphatic rings. The standard InChI is InChI=1S/C18H40O5Si2/c1-12(19)13-14(22-24(8,9)17(2,3)4)15(16(20)21-13)23-25(10,11)18(5,6)7/h12-16,19-20H,1-11H3/t12-,13-,14-,15+,16+/m1/s1. The van der Waals surface area contributed by atoms with Crippen LogP contribution in [0.5, 0.6) is 0 Å². The van der Waals surface area contributed by atoms with E-state index in [0.29, 0.717) is 0 Å². The topological polar surface area (TPSA) is 68.2 Å². The second-order valence-corrected chi connectivity index (χ2v) is 19.9. The number of aliphatic hydroxyl groups is 2. The van der Waals surface area contributed by atoms with Crippen molar-refractivity contribution < 1.29 is 23.8 Å². The molecule has 1 fully saturated rings. The smallest absolute Gasteiger partial charge is 0.192 e. The van der Waals surface area contributed by atoms with Crippen molar-refractivity contribution >= 4 is 16.6 Å². The summed E-state index contributed by atoms with van der Waals surface area (Å²) in [7, 11) is -4.24. The summed E-state index contributed by atoms with van der Waals surface area (Å²) in [6.45, 7) is 23.3. The molecule has 1 rings (SSSR count). The van der Waals surface area contributed by atoms with Gasteiger partial charge in [0.2, 0.25) is 0 Å². The second kappa shape index (κ2) is 7.33. The lowest BCUT2D eigenvalue weighted by molar-refractivity contribution is -0.141. The zero-order valence-electron chi connectivity index (χ0n) is 18.0. The van der Waals surface area contributed by atoms with Crippen LogP contribution in [-0.4, -0.2) is 57.6 Å². The largest absolute Gasteiger partial charge is 0.408 e. The molecule has 1 heterocycles. The molecule has 0 radical (unpaired) electrons. The first-order valence-electron chi connectivity index (χ1n) is 9.28. The molecule has 25 heavy (non-hydrogen) atoms. The third-order valence-electron chi connectivity index (χ3n) is 6.17. The summed E-state index contributed by atoms with van der Waals surface area (Å²) in [4.78, 5) is 0. The SMILES string of the molecule is C[C@@H](O)[C@H]1O[C@H](O)[C@@H](O[Si](C)(C)C(C)(C)C)[C@@H]1O[Si](C)(C)C(C)(C)C. The number of rotatable bonds is 5. The zero-order chi connectivity index (χ0) is 20.0. The van der Waals surface area contributed by atoms with E-state index in [2.05, 4.69) is 67.7 Å². The van der Waals surface area contributed by atoms with Crippen molar-refractivity contribution in [2.75, 3.05) is 0 Å². The van der Waals surface area contributed by atoms with Crippen LogP contribution < -0.4 is 0 Å². The van der Waals surface area contributed by atoms with Crippen molar-refractivity contribution in [2.24, 2.45) is 0 Å². The lowest BCUT2D eigenvalue weighted by atomic mass is 10.1. The van der Waals surface area contributed by atoms with Crippen LogP contribution in [0.2, 0.25) is 36.3 Å². The van der Waals surface area contributed by atoms with E-state index in [1.54, 1.807) is 6.92 Å². The molecule has 0 aromatic carbocycles. The summed E-state index contributed by atoms with van der Waals surface area (Å²) < 4.78 is 18.7. The van der Waals surface area contributed by atoms with E-state index < -0.39 is 47.3 Å². The quantitative estimate of drug-likeness (QED) is 0.695. The maximum Gasteiger partial charge on any atom is 0.192 e. The van der Waals surface area contributed by atoms with Gasteiger partial charge in [-0.25, -0.2) is 0 Å². The molecule has 0 saturated carbocycles. The fraction of sp³-hybridized carbons (Fsp3) is 1.00.